The average molecular weight is 569 g/mol. The van der Waals surface area contributed by atoms with Crippen LogP contribution in [0.2, 0.25) is 0 Å². The molecule has 1 amide bonds. The molecular weight excluding hydrogens is 539 g/mol. The van der Waals surface area contributed by atoms with Crippen molar-refractivity contribution in [2.75, 3.05) is 24.5 Å². The summed E-state index contributed by atoms with van der Waals surface area (Å²) in [6.45, 7) is 8.96. The molecule has 1 atom stereocenters. The van der Waals surface area contributed by atoms with Crippen LogP contribution in [0.25, 0.3) is 28.1 Å². The maximum atomic E-state index is 15.8. The van der Waals surface area contributed by atoms with Crippen LogP contribution in [0.1, 0.15) is 43.9 Å². The lowest BCUT2D eigenvalue weighted by Gasteiger charge is -2.41. The lowest BCUT2D eigenvalue weighted by Crippen LogP contribution is -2.55. The molecule has 0 N–H and O–H groups in total. The van der Waals surface area contributed by atoms with Gasteiger partial charge < -0.3 is 9.80 Å². The molecule has 13 heteroatoms. The third-order valence-electron chi connectivity index (χ3n) is 7.79. The number of pyridine rings is 2. The van der Waals surface area contributed by atoms with Crippen molar-refractivity contribution in [3.63, 3.8) is 0 Å². The number of piperazine rings is 1. The van der Waals surface area contributed by atoms with Gasteiger partial charge in [-0.05, 0) is 42.5 Å². The molecule has 4 bridgehead atoms. The van der Waals surface area contributed by atoms with Crippen molar-refractivity contribution < 1.29 is 9.18 Å². The first kappa shape index (κ1) is 27.2. The number of rotatable bonds is 4. The topological polar surface area (TPSA) is 139 Å². The summed E-state index contributed by atoms with van der Waals surface area (Å²) in [5.41, 5.74) is 2.06. The van der Waals surface area contributed by atoms with Gasteiger partial charge in [0.15, 0.2) is 11.5 Å². The smallest absolute Gasteiger partial charge is 0.352 e. The van der Waals surface area contributed by atoms with Gasteiger partial charge in [0.25, 0.3) is 0 Å². The zero-order valence-electron chi connectivity index (χ0n) is 23.4. The Bertz CT molecular complexity index is 1820. The van der Waals surface area contributed by atoms with Crippen molar-refractivity contribution in [3.05, 3.63) is 64.7 Å². The Hall–Kier alpha value is -4.99. The highest BCUT2D eigenvalue weighted by molar-refractivity contribution is 5.91. The molecule has 1 unspecified atom stereocenters. The Morgan fingerprint density at radius 1 is 1.29 bits per heavy atom. The van der Waals surface area contributed by atoms with Crippen LogP contribution in [-0.4, -0.2) is 71.0 Å². The SMILES string of the molecule is C=CC(=O)N1CCN(c2nc(=O)n3c4nc(c(F)cc24)-c2cn(nn2)CCCc2ccnc(C(C)C)c2-3)CC1CC#N. The van der Waals surface area contributed by atoms with Crippen molar-refractivity contribution in [2.24, 2.45) is 0 Å². The monoisotopic (exact) mass is 568 g/mol. The molecule has 42 heavy (non-hydrogen) atoms. The molecule has 0 spiro atoms. The van der Waals surface area contributed by atoms with Gasteiger partial charge in [0.05, 0.1) is 41.5 Å². The molecule has 1 saturated heterocycles. The van der Waals surface area contributed by atoms with Gasteiger partial charge in [-0.1, -0.05) is 25.6 Å². The summed E-state index contributed by atoms with van der Waals surface area (Å²) in [4.78, 5) is 43.8. The summed E-state index contributed by atoms with van der Waals surface area (Å²) < 4.78 is 18.9. The van der Waals surface area contributed by atoms with E-state index in [1.54, 1.807) is 22.0 Å². The summed E-state index contributed by atoms with van der Waals surface area (Å²) in [6, 6.07) is 4.89. The Kier molecular flexibility index (Phi) is 6.97. The highest BCUT2D eigenvalue weighted by Crippen LogP contribution is 2.33. The van der Waals surface area contributed by atoms with E-state index >= 15 is 4.39 Å². The van der Waals surface area contributed by atoms with Gasteiger partial charge in [0, 0.05) is 32.4 Å². The number of aryl methyl sites for hydroxylation is 2. The van der Waals surface area contributed by atoms with Crippen LogP contribution in [0.4, 0.5) is 10.2 Å². The lowest BCUT2D eigenvalue weighted by atomic mass is 10.0. The quantitative estimate of drug-likeness (QED) is 0.340. The van der Waals surface area contributed by atoms with E-state index in [0.717, 1.165) is 5.56 Å². The van der Waals surface area contributed by atoms with Gasteiger partial charge in [0.1, 0.15) is 17.2 Å². The molecule has 214 valence electrons. The van der Waals surface area contributed by atoms with E-state index in [2.05, 4.69) is 32.9 Å². The Balaban J connectivity index is 1.62. The van der Waals surface area contributed by atoms with Crippen LogP contribution in [0, 0.1) is 17.1 Å². The molecule has 2 aliphatic rings. The largest absolute Gasteiger partial charge is 0.355 e. The zero-order chi connectivity index (χ0) is 29.5. The molecule has 0 radical (unpaired) electrons. The van der Waals surface area contributed by atoms with Gasteiger partial charge in [0.2, 0.25) is 5.91 Å². The molecule has 2 aliphatic heterocycles. The first-order chi connectivity index (χ1) is 20.3. The second kappa shape index (κ2) is 10.8. The molecule has 0 aromatic carbocycles. The lowest BCUT2D eigenvalue weighted by molar-refractivity contribution is -0.128. The molecule has 6 heterocycles. The number of hydrogen-bond donors (Lipinski definition) is 0. The standard InChI is InChI=1S/C29H29FN10O2/c1-4-23(41)39-13-12-37(15-19(39)7-9-31)27-20-14-21(30)25-22-16-38(36-35-22)11-5-6-18-8-10-32-24(17(2)3)26(18)40(28(20)33-25)29(42)34-27/h4,8,10,14,16-17,19H,1,5-7,11-13,15H2,2-3H3. The Morgan fingerprint density at radius 3 is 2.88 bits per heavy atom. The van der Waals surface area contributed by atoms with Crippen LogP contribution in [0.15, 0.2) is 42.0 Å². The van der Waals surface area contributed by atoms with Crippen LogP contribution in [0.3, 0.4) is 0 Å². The highest BCUT2D eigenvalue weighted by atomic mass is 19.1. The number of nitrogens with zero attached hydrogens (tertiary/aromatic N) is 10. The fourth-order valence-electron chi connectivity index (χ4n) is 5.81. The van der Waals surface area contributed by atoms with E-state index in [4.69, 9.17) is 4.98 Å². The van der Waals surface area contributed by atoms with Gasteiger partial charge in [-0.3, -0.25) is 14.5 Å². The van der Waals surface area contributed by atoms with Gasteiger partial charge in [-0.2, -0.15) is 10.2 Å². The fourth-order valence-corrected chi connectivity index (χ4v) is 5.81. The van der Waals surface area contributed by atoms with Crippen molar-refractivity contribution in [3.8, 4) is 23.1 Å². The first-order valence-electron chi connectivity index (χ1n) is 13.9. The second-order valence-electron chi connectivity index (χ2n) is 10.8. The Labute approximate surface area is 240 Å². The zero-order valence-corrected chi connectivity index (χ0v) is 23.4. The van der Waals surface area contributed by atoms with E-state index in [1.807, 2.05) is 24.8 Å². The number of fused-ring (bicyclic) bond motifs is 6. The van der Waals surface area contributed by atoms with Crippen LogP contribution >= 0.6 is 0 Å². The first-order valence-corrected chi connectivity index (χ1v) is 13.9. The molecule has 0 saturated carbocycles. The Morgan fingerprint density at radius 2 is 2.12 bits per heavy atom. The number of halogens is 1. The summed E-state index contributed by atoms with van der Waals surface area (Å²) in [5.74, 6) is -0.695. The van der Waals surface area contributed by atoms with E-state index in [-0.39, 0.29) is 54.2 Å². The summed E-state index contributed by atoms with van der Waals surface area (Å²) >= 11 is 0. The maximum Gasteiger partial charge on any atom is 0.355 e. The predicted octanol–water partition coefficient (Wildman–Crippen LogP) is 2.76. The minimum absolute atomic E-state index is 0.0238. The molecular formula is C29H29FN10O2. The molecule has 6 rings (SSSR count). The van der Waals surface area contributed by atoms with Gasteiger partial charge in [-0.15, -0.1) is 5.10 Å². The summed E-state index contributed by atoms with van der Waals surface area (Å²) in [5, 5.41) is 18.1. The maximum absolute atomic E-state index is 15.8. The molecule has 4 aromatic rings. The van der Waals surface area contributed by atoms with Crippen molar-refractivity contribution in [2.45, 2.75) is 51.6 Å². The van der Waals surface area contributed by atoms with E-state index in [0.29, 0.717) is 42.7 Å². The molecule has 4 aromatic heterocycles. The summed E-state index contributed by atoms with van der Waals surface area (Å²) in [7, 11) is 0. The third kappa shape index (κ3) is 4.58. The fraction of sp³-hybridized carbons (Fsp3) is 0.379. The average Bonchev–Trinajstić information content (AvgIpc) is 3.45. The number of aromatic nitrogens is 7. The summed E-state index contributed by atoms with van der Waals surface area (Å²) in [6.07, 6.45) is 6.02. The number of amides is 1. The van der Waals surface area contributed by atoms with E-state index in [9.17, 15) is 14.9 Å². The molecule has 1 fully saturated rings. The van der Waals surface area contributed by atoms with E-state index in [1.165, 1.54) is 16.7 Å². The van der Waals surface area contributed by atoms with Gasteiger partial charge >= 0.3 is 5.69 Å². The van der Waals surface area contributed by atoms with Crippen LogP contribution in [-0.2, 0) is 17.8 Å². The minimum atomic E-state index is -0.635. The van der Waals surface area contributed by atoms with Crippen LogP contribution in [0.5, 0.6) is 0 Å². The minimum Gasteiger partial charge on any atom is -0.352 e. The predicted molar refractivity (Wildman–Crippen MR) is 152 cm³/mol. The second-order valence-corrected chi connectivity index (χ2v) is 10.8. The van der Waals surface area contributed by atoms with Crippen molar-refractivity contribution >= 4 is 22.8 Å². The molecule has 0 aliphatic carbocycles. The number of nitriles is 1. The normalized spacial score (nSPS) is 16.6. The number of carbonyl (C=O) groups is 1. The van der Waals surface area contributed by atoms with Gasteiger partial charge in [-0.25, -0.2) is 18.7 Å². The number of anilines is 1. The van der Waals surface area contributed by atoms with Crippen LogP contribution < -0.4 is 10.6 Å². The molecule has 12 nitrogen and oxygen atoms in total. The van der Waals surface area contributed by atoms with Crippen molar-refractivity contribution in [1.29, 1.82) is 5.26 Å². The highest BCUT2D eigenvalue weighted by Gasteiger charge is 2.32. The van der Waals surface area contributed by atoms with E-state index < -0.39 is 17.5 Å². The van der Waals surface area contributed by atoms with Crippen molar-refractivity contribution in [1.82, 2.24) is 39.4 Å². The number of carbonyl (C=O) groups excluding carboxylic acids is 1. The number of hydrogen-bond acceptors (Lipinski definition) is 9. The third-order valence-corrected chi connectivity index (χ3v) is 7.79.